The summed E-state index contributed by atoms with van der Waals surface area (Å²) in [5.41, 5.74) is 0. The van der Waals surface area contributed by atoms with Crippen LogP contribution in [-0.2, 0) is 14.3 Å². The number of carbonyl (C=O) groups is 1. The van der Waals surface area contributed by atoms with Gasteiger partial charge in [-0.3, -0.25) is 4.79 Å². The van der Waals surface area contributed by atoms with Gasteiger partial charge in [0.25, 0.3) is 0 Å². The van der Waals surface area contributed by atoms with E-state index in [-0.39, 0.29) is 5.97 Å². The number of esters is 1. The van der Waals surface area contributed by atoms with Crippen molar-refractivity contribution in [1.82, 2.24) is 5.32 Å². The summed E-state index contributed by atoms with van der Waals surface area (Å²) in [5, 5.41) is 3.32. The van der Waals surface area contributed by atoms with E-state index in [4.69, 9.17) is 9.47 Å². The summed E-state index contributed by atoms with van der Waals surface area (Å²) in [7, 11) is 0. The van der Waals surface area contributed by atoms with Gasteiger partial charge in [-0.25, -0.2) is 0 Å². The normalized spacial score (nSPS) is 24.7. The van der Waals surface area contributed by atoms with Gasteiger partial charge in [-0.15, -0.1) is 0 Å². The van der Waals surface area contributed by atoms with E-state index in [9.17, 15) is 4.79 Å². The van der Waals surface area contributed by atoms with E-state index < -0.39 is 0 Å². The molecule has 0 heterocycles. The molecular weight excluding hydrogens is 194 g/mol. The molecule has 1 N–H and O–H groups in total. The Morgan fingerprint density at radius 3 is 2.67 bits per heavy atom. The Bertz CT molecular complexity index is 190. The van der Waals surface area contributed by atoms with Gasteiger partial charge in [-0.05, 0) is 26.7 Å². The minimum Gasteiger partial charge on any atom is -0.466 e. The minimum absolute atomic E-state index is 0.120. The Morgan fingerprint density at radius 2 is 2.07 bits per heavy atom. The van der Waals surface area contributed by atoms with Crippen LogP contribution in [0.25, 0.3) is 0 Å². The highest BCUT2D eigenvalue weighted by Crippen LogP contribution is 2.22. The lowest BCUT2D eigenvalue weighted by molar-refractivity contribution is -0.143. The molecule has 88 valence electrons. The molecule has 0 aromatic heterocycles. The lowest BCUT2D eigenvalue weighted by Crippen LogP contribution is -2.46. The van der Waals surface area contributed by atoms with Crippen molar-refractivity contribution in [2.45, 2.75) is 45.3 Å². The Morgan fingerprint density at radius 1 is 1.33 bits per heavy atom. The molecule has 0 aromatic carbocycles. The SMILES string of the molecule is CCOC(=O)CCNC1CC(OCC)C1. The van der Waals surface area contributed by atoms with Crippen molar-refractivity contribution in [3.05, 3.63) is 0 Å². The van der Waals surface area contributed by atoms with Crippen LogP contribution in [0.1, 0.15) is 33.1 Å². The average Bonchev–Trinajstić information content (AvgIpc) is 2.14. The van der Waals surface area contributed by atoms with Crippen LogP contribution in [0.15, 0.2) is 0 Å². The summed E-state index contributed by atoms with van der Waals surface area (Å²) in [4.78, 5) is 11.0. The first-order chi connectivity index (χ1) is 7.26. The van der Waals surface area contributed by atoms with Gasteiger partial charge < -0.3 is 14.8 Å². The number of carbonyl (C=O) groups excluding carboxylic acids is 1. The summed E-state index contributed by atoms with van der Waals surface area (Å²) in [6, 6.07) is 0.524. The highest BCUT2D eigenvalue weighted by atomic mass is 16.5. The Labute approximate surface area is 91.3 Å². The third-order valence-electron chi connectivity index (χ3n) is 2.56. The zero-order valence-electron chi connectivity index (χ0n) is 9.62. The first-order valence-corrected chi connectivity index (χ1v) is 5.76. The van der Waals surface area contributed by atoms with E-state index in [1.54, 1.807) is 0 Å². The van der Waals surface area contributed by atoms with Gasteiger partial charge in [0, 0.05) is 19.2 Å². The van der Waals surface area contributed by atoms with E-state index in [2.05, 4.69) is 5.32 Å². The molecule has 1 fully saturated rings. The van der Waals surface area contributed by atoms with Crippen LogP contribution in [0.5, 0.6) is 0 Å². The first-order valence-electron chi connectivity index (χ1n) is 5.76. The number of hydrogen-bond acceptors (Lipinski definition) is 4. The minimum atomic E-state index is -0.120. The lowest BCUT2D eigenvalue weighted by atomic mass is 9.89. The Hall–Kier alpha value is -0.610. The summed E-state index contributed by atoms with van der Waals surface area (Å²) in [5.74, 6) is -0.120. The average molecular weight is 215 g/mol. The molecule has 0 saturated heterocycles. The molecule has 0 unspecified atom stereocenters. The predicted molar refractivity (Wildman–Crippen MR) is 57.7 cm³/mol. The highest BCUT2D eigenvalue weighted by molar-refractivity contribution is 5.69. The largest absolute Gasteiger partial charge is 0.466 e. The summed E-state index contributed by atoms with van der Waals surface area (Å²) >= 11 is 0. The van der Waals surface area contributed by atoms with E-state index in [0.29, 0.717) is 31.7 Å². The molecule has 1 aliphatic rings. The molecule has 0 bridgehead atoms. The van der Waals surface area contributed by atoms with Crippen LogP contribution in [0.3, 0.4) is 0 Å². The van der Waals surface area contributed by atoms with Gasteiger partial charge >= 0.3 is 5.97 Å². The van der Waals surface area contributed by atoms with Crippen molar-refractivity contribution in [3.8, 4) is 0 Å². The molecular formula is C11H21NO3. The number of ether oxygens (including phenoxy) is 2. The number of nitrogens with one attached hydrogen (secondary N) is 1. The Balaban J connectivity index is 1.92. The number of rotatable bonds is 7. The zero-order chi connectivity index (χ0) is 11.1. The fraction of sp³-hybridized carbons (Fsp3) is 0.909. The van der Waals surface area contributed by atoms with Gasteiger partial charge in [0.1, 0.15) is 0 Å². The molecule has 4 heteroatoms. The van der Waals surface area contributed by atoms with Crippen molar-refractivity contribution in [1.29, 1.82) is 0 Å². The highest BCUT2D eigenvalue weighted by Gasteiger charge is 2.28. The second-order valence-corrected chi connectivity index (χ2v) is 3.75. The van der Waals surface area contributed by atoms with Crippen LogP contribution in [-0.4, -0.2) is 37.9 Å². The molecule has 0 spiro atoms. The molecule has 4 nitrogen and oxygen atoms in total. The van der Waals surface area contributed by atoms with Crippen LogP contribution < -0.4 is 5.32 Å². The van der Waals surface area contributed by atoms with Crippen LogP contribution >= 0.6 is 0 Å². The van der Waals surface area contributed by atoms with Crippen LogP contribution in [0, 0.1) is 0 Å². The maximum absolute atomic E-state index is 11.0. The monoisotopic (exact) mass is 215 g/mol. The molecule has 15 heavy (non-hydrogen) atoms. The molecule has 1 rings (SSSR count). The Kier molecular flexibility index (Phi) is 5.65. The van der Waals surface area contributed by atoms with E-state index >= 15 is 0 Å². The van der Waals surface area contributed by atoms with Crippen LogP contribution in [0.2, 0.25) is 0 Å². The smallest absolute Gasteiger partial charge is 0.307 e. The van der Waals surface area contributed by atoms with Gasteiger partial charge in [-0.2, -0.15) is 0 Å². The second kappa shape index (κ2) is 6.80. The summed E-state index contributed by atoms with van der Waals surface area (Å²) < 4.78 is 10.3. The third-order valence-corrected chi connectivity index (χ3v) is 2.56. The summed E-state index contributed by atoms with van der Waals surface area (Å²) in [6.07, 6.45) is 3.02. The lowest BCUT2D eigenvalue weighted by Gasteiger charge is -2.35. The second-order valence-electron chi connectivity index (χ2n) is 3.75. The fourth-order valence-electron chi connectivity index (χ4n) is 1.72. The van der Waals surface area contributed by atoms with E-state index in [0.717, 1.165) is 19.4 Å². The first kappa shape index (κ1) is 12.5. The third kappa shape index (κ3) is 4.62. The predicted octanol–water partition coefficient (Wildman–Crippen LogP) is 1.10. The van der Waals surface area contributed by atoms with Gasteiger partial charge in [0.2, 0.25) is 0 Å². The van der Waals surface area contributed by atoms with Crippen molar-refractivity contribution in [3.63, 3.8) is 0 Å². The molecule has 1 saturated carbocycles. The zero-order valence-corrected chi connectivity index (χ0v) is 9.62. The molecule has 1 aliphatic carbocycles. The van der Waals surface area contributed by atoms with E-state index in [1.807, 2.05) is 13.8 Å². The van der Waals surface area contributed by atoms with Crippen molar-refractivity contribution in [2.24, 2.45) is 0 Å². The van der Waals surface area contributed by atoms with Gasteiger partial charge in [-0.1, -0.05) is 0 Å². The van der Waals surface area contributed by atoms with Crippen molar-refractivity contribution in [2.75, 3.05) is 19.8 Å². The topological polar surface area (TPSA) is 47.6 Å². The molecule has 0 atom stereocenters. The maximum atomic E-state index is 11.0. The van der Waals surface area contributed by atoms with Crippen LogP contribution in [0.4, 0.5) is 0 Å². The maximum Gasteiger partial charge on any atom is 0.307 e. The molecule has 0 aliphatic heterocycles. The van der Waals surface area contributed by atoms with Crippen molar-refractivity contribution >= 4 is 5.97 Å². The molecule has 0 radical (unpaired) electrons. The van der Waals surface area contributed by atoms with Crippen molar-refractivity contribution < 1.29 is 14.3 Å². The van der Waals surface area contributed by atoms with Gasteiger partial charge in [0.15, 0.2) is 0 Å². The number of hydrogen-bond donors (Lipinski definition) is 1. The molecule has 0 aromatic rings. The quantitative estimate of drug-likeness (QED) is 0.646. The fourth-order valence-corrected chi connectivity index (χ4v) is 1.72. The van der Waals surface area contributed by atoms with E-state index in [1.165, 1.54) is 0 Å². The summed E-state index contributed by atoms with van der Waals surface area (Å²) in [6.45, 7) is 5.81. The standard InChI is InChI=1S/C11H21NO3/c1-3-14-10-7-9(8-10)12-6-5-11(13)15-4-2/h9-10,12H,3-8H2,1-2H3. The van der Waals surface area contributed by atoms with Gasteiger partial charge in [0.05, 0.1) is 19.1 Å². The molecule has 0 amide bonds.